The summed E-state index contributed by atoms with van der Waals surface area (Å²) < 4.78 is 27.3. The Morgan fingerprint density at radius 1 is 1.32 bits per heavy atom. The van der Waals surface area contributed by atoms with Gasteiger partial charge in [0, 0.05) is 51.0 Å². The lowest BCUT2D eigenvalue weighted by Gasteiger charge is -2.32. The molecule has 2 heterocycles. The van der Waals surface area contributed by atoms with Crippen molar-refractivity contribution in [3.05, 3.63) is 17.0 Å². The van der Waals surface area contributed by atoms with Crippen LogP contribution in [-0.2, 0) is 23.6 Å². The molecule has 8 nitrogen and oxygen atoms in total. The molecule has 1 aliphatic rings. The lowest BCUT2D eigenvalue weighted by Crippen LogP contribution is -2.49. The number of aliphatic imine (C=N–C) groups is 1. The Kier molecular flexibility index (Phi) is 6.45. The van der Waals surface area contributed by atoms with E-state index in [1.54, 1.807) is 18.3 Å². The van der Waals surface area contributed by atoms with Crippen LogP contribution in [0.5, 0.6) is 0 Å². The number of sulfonamides is 1. The summed E-state index contributed by atoms with van der Waals surface area (Å²) in [5.41, 5.74) is 3.33. The third-order valence-electron chi connectivity index (χ3n) is 4.87. The molecular formula is C16H30N6O2S. The first-order chi connectivity index (χ1) is 11.8. The van der Waals surface area contributed by atoms with Crippen molar-refractivity contribution < 1.29 is 8.42 Å². The van der Waals surface area contributed by atoms with Crippen molar-refractivity contribution in [2.45, 2.75) is 46.2 Å². The van der Waals surface area contributed by atoms with Crippen LogP contribution in [0.15, 0.2) is 4.99 Å². The molecule has 0 amide bonds. The van der Waals surface area contributed by atoms with Gasteiger partial charge in [-0.05, 0) is 33.6 Å². The zero-order chi connectivity index (χ0) is 18.6. The fourth-order valence-electron chi connectivity index (χ4n) is 3.09. The van der Waals surface area contributed by atoms with Crippen molar-refractivity contribution in [1.82, 2.24) is 24.7 Å². The average Bonchev–Trinajstić information content (AvgIpc) is 2.84. The minimum atomic E-state index is -3.08. The SMILES string of the molecule is CCS(=O)(=O)N1CCC(NC(=NC)NCc2c(C)nn(C)c2C)CC1. The minimum absolute atomic E-state index is 0.165. The molecule has 2 rings (SSSR count). The predicted molar refractivity (Wildman–Crippen MR) is 100 cm³/mol. The van der Waals surface area contributed by atoms with E-state index in [0.717, 1.165) is 30.2 Å². The minimum Gasteiger partial charge on any atom is -0.354 e. The van der Waals surface area contributed by atoms with Crippen molar-refractivity contribution >= 4 is 16.0 Å². The Morgan fingerprint density at radius 2 is 1.96 bits per heavy atom. The molecule has 0 spiro atoms. The maximum Gasteiger partial charge on any atom is 0.213 e. The van der Waals surface area contributed by atoms with Crippen LogP contribution in [0.25, 0.3) is 0 Å². The fourth-order valence-corrected chi connectivity index (χ4v) is 4.23. The van der Waals surface area contributed by atoms with Crippen molar-refractivity contribution in [1.29, 1.82) is 0 Å². The molecule has 25 heavy (non-hydrogen) atoms. The Hall–Kier alpha value is -1.61. The van der Waals surface area contributed by atoms with E-state index in [-0.39, 0.29) is 11.8 Å². The molecule has 1 aliphatic heterocycles. The highest BCUT2D eigenvalue weighted by atomic mass is 32.2. The molecule has 0 radical (unpaired) electrons. The van der Waals surface area contributed by atoms with Gasteiger partial charge >= 0.3 is 0 Å². The molecule has 1 aromatic rings. The number of rotatable bonds is 5. The topological polar surface area (TPSA) is 91.6 Å². The van der Waals surface area contributed by atoms with E-state index < -0.39 is 10.0 Å². The van der Waals surface area contributed by atoms with Gasteiger partial charge in [0.15, 0.2) is 5.96 Å². The number of guanidine groups is 1. The molecule has 2 N–H and O–H groups in total. The van der Waals surface area contributed by atoms with Crippen LogP contribution < -0.4 is 10.6 Å². The summed E-state index contributed by atoms with van der Waals surface area (Å²) >= 11 is 0. The average molecular weight is 371 g/mol. The van der Waals surface area contributed by atoms with Gasteiger partial charge < -0.3 is 10.6 Å². The van der Waals surface area contributed by atoms with Crippen LogP contribution >= 0.6 is 0 Å². The standard InChI is InChI=1S/C16H30N6O2S/c1-6-25(23,24)22-9-7-14(8-10-22)19-16(17-4)18-11-15-12(2)20-21(5)13(15)3/h14H,6-11H2,1-5H3,(H2,17,18,19). The van der Waals surface area contributed by atoms with Gasteiger partial charge in [0.05, 0.1) is 11.4 Å². The number of aryl methyl sites for hydroxylation is 2. The van der Waals surface area contributed by atoms with Crippen LogP contribution in [0, 0.1) is 13.8 Å². The molecule has 9 heteroatoms. The third kappa shape index (κ3) is 4.72. The monoisotopic (exact) mass is 370 g/mol. The quantitative estimate of drug-likeness (QED) is 0.582. The molecule has 1 aromatic heterocycles. The van der Waals surface area contributed by atoms with Crippen LogP contribution in [0.1, 0.15) is 36.7 Å². The molecule has 0 unspecified atom stereocenters. The number of nitrogens with zero attached hydrogens (tertiary/aromatic N) is 4. The van der Waals surface area contributed by atoms with Gasteiger partial charge in [0.2, 0.25) is 10.0 Å². The maximum atomic E-state index is 11.9. The van der Waals surface area contributed by atoms with E-state index in [1.165, 1.54) is 5.56 Å². The summed E-state index contributed by atoms with van der Waals surface area (Å²) in [6, 6.07) is 0.227. The Balaban J connectivity index is 1.87. The van der Waals surface area contributed by atoms with Gasteiger partial charge in [-0.25, -0.2) is 12.7 Å². The second-order valence-electron chi connectivity index (χ2n) is 6.42. The number of nitrogens with one attached hydrogen (secondary N) is 2. The van der Waals surface area contributed by atoms with E-state index in [2.05, 4.69) is 27.6 Å². The van der Waals surface area contributed by atoms with Crippen LogP contribution in [0.2, 0.25) is 0 Å². The normalized spacial score (nSPS) is 17.7. The van der Waals surface area contributed by atoms with Crippen LogP contribution in [-0.4, -0.2) is 60.4 Å². The second kappa shape index (κ2) is 8.18. The van der Waals surface area contributed by atoms with Gasteiger partial charge in [-0.15, -0.1) is 0 Å². The molecular weight excluding hydrogens is 340 g/mol. The Labute approximate surface area is 150 Å². The van der Waals surface area contributed by atoms with Crippen LogP contribution in [0.3, 0.4) is 0 Å². The molecule has 1 fully saturated rings. The summed E-state index contributed by atoms with van der Waals surface area (Å²) in [6.07, 6.45) is 1.57. The molecule has 1 saturated heterocycles. The smallest absolute Gasteiger partial charge is 0.213 e. The molecule has 142 valence electrons. The molecule has 0 atom stereocenters. The zero-order valence-corrected chi connectivity index (χ0v) is 16.7. The summed E-state index contributed by atoms with van der Waals surface area (Å²) in [5.74, 6) is 0.900. The lowest BCUT2D eigenvalue weighted by atomic mass is 10.1. The summed E-state index contributed by atoms with van der Waals surface area (Å²) in [4.78, 5) is 4.28. The molecule has 0 aromatic carbocycles. The highest BCUT2D eigenvalue weighted by molar-refractivity contribution is 7.89. The summed E-state index contributed by atoms with van der Waals surface area (Å²) in [7, 11) is 0.605. The van der Waals surface area contributed by atoms with E-state index in [0.29, 0.717) is 19.6 Å². The summed E-state index contributed by atoms with van der Waals surface area (Å²) in [5, 5.41) is 11.2. The lowest BCUT2D eigenvalue weighted by molar-refractivity contribution is 0.306. The number of hydrogen-bond acceptors (Lipinski definition) is 4. The zero-order valence-electron chi connectivity index (χ0n) is 15.8. The maximum absolute atomic E-state index is 11.9. The fraction of sp³-hybridized carbons (Fsp3) is 0.750. The van der Waals surface area contributed by atoms with E-state index in [4.69, 9.17) is 0 Å². The van der Waals surface area contributed by atoms with Crippen molar-refractivity contribution in [2.75, 3.05) is 25.9 Å². The van der Waals surface area contributed by atoms with E-state index in [1.807, 2.05) is 18.7 Å². The van der Waals surface area contributed by atoms with Crippen molar-refractivity contribution in [2.24, 2.45) is 12.0 Å². The number of piperidine rings is 1. The number of hydrogen-bond donors (Lipinski definition) is 2. The molecule has 0 bridgehead atoms. The first kappa shape index (κ1) is 19.7. The van der Waals surface area contributed by atoms with Gasteiger partial charge in [-0.2, -0.15) is 5.10 Å². The van der Waals surface area contributed by atoms with Gasteiger partial charge in [0.1, 0.15) is 0 Å². The first-order valence-corrected chi connectivity index (χ1v) is 10.3. The van der Waals surface area contributed by atoms with E-state index in [9.17, 15) is 8.42 Å². The highest BCUT2D eigenvalue weighted by Gasteiger charge is 2.27. The van der Waals surface area contributed by atoms with Crippen molar-refractivity contribution in [3.8, 4) is 0 Å². The van der Waals surface area contributed by atoms with Gasteiger partial charge in [-0.3, -0.25) is 9.67 Å². The third-order valence-corrected chi connectivity index (χ3v) is 6.75. The second-order valence-corrected chi connectivity index (χ2v) is 8.67. The molecule has 0 aliphatic carbocycles. The highest BCUT2D eigenvalue weighted by Crippen LogP contribution is 2.15. The van der Waals surface area contributed by atoms with E-state index >= 15 is 0 Å². The van der Waals surface area contributed by atoms with Crippen molar-refractivity contribution in [3.63, 3.8) is 0 Å². The van der Waals surface area contributed by atoms with Crippen LogP contribution in [0.4, 0.5) is 0 Å². The largest absolute Gasteiger partial charge is 0.354 e. The Morgan fingerprint density at radius 3 is 2.44 bits per heavy atom. The predicted octanol–water partition coefficient (Wildman–Crippen LogP) is 0.516. The Bertz CT molecular complexity index is 717. The first-order valence-electron chi connectivity index (χ1n) is 8.72. The number of aromatic nitrogens is 2. The summed E-state index contributed by atoms with van der Waals surface area (Å²) in [6.45, 7) is 7.53. The van der Waals surface area contributed by atoms with Gasteiger partial charge in [0.25, 0.3) is 0 Å². The van der Waals surface area contributed by atoms with Gasteiger partial charge in [-0.1, -0.05) is 0 Å². The molecule has 0 saturated carbocycles.